The van der Waals surface area contributed by atoms with E-state index in [2.05, 4.69) is 10.3 Å². The number of nitrogens with one attached hydrogen (secondary N) is 1. The number of hydrogen-bond acceptors (Lipinski definition) is 2. The van der Waals surface area contributed by atoms with Crippen LogP contribution in [0.5, 0.6) is 0 Å². The Labute approximate surface area is 47.8 Å². The van der Waals surface area contributed by atoms with Crippen LogP contribution in [0.4, 0.5) is 4.39 Å². The van der Waals surface area contributed by atoms with Crippen molar-refractivity contribution < 1.29 is 4.39 Å². The summed E-state index contributed by atoms with van der Waals surface area (Å²) < 4.78 is 12.2. The van der Waals surface area contributed by atoms with Crippen molar-refractivity contribution in [1.29, 1.82) is 0 Å². The van der Waals surface area contributed by atoms with Gasteiger partial charge in [0.2, 0.25) is 0 Å². The molecule has 1 aliphatic heterocycles. The molecule has 0 radical (unpaired) electrons. The minimum atomic E-state index is -0.779. The summed E-state index contributed by atoms with van der Waals surface area (Å²) in [5, 5.41) is 2.81. The molecule has 0 aliphatic carbocycles. The average molecular weight is 116 g/mol. The molecule has 46 valence electrons. The Bertz CT molecular complexity index is 111. The van der Waals surface area contributed by atoms with Gasteiger partial charge in [0.1, 0.15) is 6.17 Å². The van der Waals surface area contributed by atoms with E-state index in [1.807, 2.05) is 6.92 Å². The second-order valence-corrected chi connectivity index (χ2v) is 1.90. The highest BCUT2D eigenvalue weighted by molar-refractivity contribution is 5.80. The molecule has 8 heavy (non-hydrogen) atoms. The topological polar surface area (TPSA) is 24.4 Å². The molecule has 0 aromatic heterocycles. The predicted molar refractivity (Wildman–Crippen MR) is 30.9 cm³/mol. The third-order valence-electron chi connectivity index (χ3n) is 1.11. The van der Waals surface area contributed by atoms with E-state index in [4.69, 9.17) is 0 Å². The zero-order chi connectivity index (χ0) is 5.98. The number of aliphatic imine (C=N–C) groups is 1. The number of hydrogen-bond donors (Lipinski definition) is 1. The van der Waals surface area contributed by atoms with Crippen molar-refractivity contribution in [2.24, 2.45) is 4.99 Å². The van der Waals surface area contributed by atoms with Gasteiger partial charge in [0.25, 0.3) is 0 Å². The van der Waals surface area contributed by atoms with Gasteiger partial charge in [-0.05, 0) is 6.92 Å². The lowest BCUT2D eigenvalue weighted by atomic mass is 10.3. The smallest absolute Gasteiger partial charge is 0.137 e. The van der Waals surface area contributed by atoms with Crippen molar-refractivity contribution in [3.05, 3.63) is 0 Å². The molecule has 1 atom stereocenters. The molecule has 0 spiro atoms. The predicted octanol–water partition coefficient (Wildman–Crippen LogP) is 0.346. The van der Waals surface area contributed by atoms with Crippen LogP contribution in [-0.2, 0) is 0 Å². The van der Waals surface area contributed by atoms with E-state index in [0.717, 1.165) is 5.84 Å². The second kappa shape index (κ2) is 2.11. The van der Waals surface area contributed by atoms with Crippen molar-refractivity contribution in [2.45, 2.75) is 13.1 Å². The standard InChI is InChI=1S/C5H9FN2/c1-4-7-2-5(6)3-8-4/h5H,2-3H2,1H3,(H,7,8). The minimum absolute atomic E-state index is 0.332. The Morgan fingerprint density at radius 3 is 3.00 bits per heavy atom. The van der Waals surface area contributed by atoms with E-state index in [1.165, 1.54) is 0 Å². The van der Waals surface area contributed by atoms with Crippen molar-refractivity contribution in [2.75, 3.05) is 13.1 Å². The van der Waals surface area contributed by atoms with Gasteiger partial charge in [-0.2, -0.15) is 0 Å². The Hall–Kier alpha value is -0.600. The second-order valence-electron chi connectivity index (χ2n) is 1.90. The third kappa shape index (κ3) is 1.18. The highest BCUT2D eigenvalue weighted by atomic mass is 19.1. The molecule has 0 aromatic rings. The Kier molecular flexibility index (Phi) is 1.46. The van der Waals surface area contributed by atoms with Gasteiger partial charge < -0.3 is 5.32 Å². The lowest BCUT2D eigenvalue weighted by molar-refractivity contribution is 0.332. The van der Waals surface area contributed by atoms with Crippen LogP contribution in [0.15, 0.2) is 4.99 Å². The summed E-state index contributed by atoms with van der Waals surface area (Å²) in [7, 11) is 0. The van der Waals surface area contributed by atoms with Gasteiger partial charge in [-0.25, -0.2) is 4.39 Å². The molecular weight excluding hydrogens is 107 g/mol. The number of alkyl halides is 1. The fourth-order valence-electron chi connectivity index (χ4n) is 0.615. The summed E-state index contributed by atoms with van der Waals surface area (Å²) in [6.07, 6.45) is -0.779. The summed E-state index contributed by atoms with van der Waals surface area (Å²) in [4.78, 5) is 3.84. The summed E-state index contributed by atoms with van der Waals surface area (Å²) in [5.74, 6) is 0.846. The van der Waals surface area contributed by atoms with E-state index < -0.39 is 6.17 Å². The lowest BCUT2D eigenvalue weighted by Gasteiger charge is -2.13. The van der Waals surface area contributed by atoms with E-state index in [-0.39, 0.29) is 0 Å². The molecule has 2 nitrogen and oxygen atoms in total. The van der Waals surface area contributed by atoms with Gasteiger partial charge in [0.15, 0.2) is 0 Å². The van der Waals surface area contributed by atoms with E-state index >= 15 is 0 Å². The van der Waals surface area contributed by atoms with Crippen LogP contribution in [-0.4, -0.2) is 25.1 Å². The van der Waals surface area contributed by atoms with Crippen molar-refractivity contribution in [3.8, 4) is 0 Å². The zero-order valence-electron chi connectivity index (χ0n) is 4.82. The molecule has 1 aliphatic rings. The number of amidine groups is 1. The Morgan fingerprint density at radius 1 is 1.88 bits per heavy atom. The maximum Gasteiger partial charge on any atom is 0.137 e. The summed E-state index contributed by atoms with van der Waals surface area (Å²) >= 11 is 0. The van der Waals surface area contributed by atoms with Gasteiger partial charge in [-0.1, -0.05) is 0 Å². The first-order valence-corrected chi connectivity index (χ1v) is 2.68. The molecule has 0 fully saturated rings. The molecule has 0 saturated heterocycles. The lowest BCUT2D eigenvalue weighted by Crippen LogP contribution is -2.34. The molecular formula is C5H9FN2. The van der Waals surface area contributed by atoms with Crippen LogP contribution in [0, 0.1) is 0 Å². The zero-order valence-corrected chi connectivity index (χ0v) is 4.82. The Morgan fingerprint density at radius 2 is 2.62 bits per heavy atom. The molecule has 1 N–H and O–H groups in total. The number of nitrogens with zero attached hydrogens (tertiary/aromatic N) is 1. The van der Waals surface area contributed by atoms with Crippen molar-refractivity contribution in [1.82, 2.24) is 5.32 Å². The Balaban J connectivity index is 2.42. The fraction of sp³-hybridized carbons (Fsp3) is 0.800. The maximum atomic E-state index is 12.2. The average Bonchev–Trinajstić information content (AvgIpc) is 1.77. The minimum Gasteiger partial charge on any atom is -0.371 e. The SMILES string of the molecule is CC1=NCC(F)CN1. The molecule has 0 amide bonds. The summed E-state index contributed by atoms with van der Waals surface area (Å²) in [6.45, 7) is 2.60. The first-order valence-electron chi connectivity index (χ1n) is 2.68. The molecule has 1 unspecified atom stereocenters. The normalized spacial score (nSPS) is 28.8. The van der Waals surface area contributed by atoms with Crippen LogP contribution >= 0.6 is 0 Å². The monoisotopic (exact) mass is 116 g/mol. The van der Waals surface area contributed by atoms with Crippen LogP contribution in [0.25, 0.3) is 0 Å². The highest BCUT2D eigenvalue weighted by Gasteiger charge is 2.09. The molecule has 0 saturated carbocycles. The first-order chi connectivity index (χ1) is 3.79. The van der Waals surface area contributed by atoms with Crippen LogP contribution in [0.1, 0.15) is 6.92 Å². The maximum absolute atomic E-state index is 12.2. The van der Waals surface area contributed by atoms with Crippen molar-refractivity contribution in [3.63, 3.8) is 0 Å². The fourth-order valence-corrected chi connectivity index (χ4v) is 0.615. The highest BCUT2D eigenvalue weighted by Crippen LogP contribution is 1.94. The molecule has 0 bridgehead atoms. The van der Waals surface area contributed by atoms with Gasteiger partial charge in [-0.15, -0.1) is 0 Å². The van der Waals surface area contributed by atoms with E-state index in [1.54, 1.807) is 0 Å². The van der Waals surface area contributed by atoms with Gasteiger partial charge >= 0.3 is 0 Å². The molecule has 1 rings (SSSR count). The molecule has 0 aromatic carbocycles. The molecule has 3 heteroatoms. The van der Waals surface area contributed by atoms with Crippen LogP contribution in [0.3, 0.4) is 0 Å². The van der Waals surface area contributed by atoms with Gasteiger partial charge in [0.05, 0.1) is 12.4 Å². The summed E-state index contributed by atoms with van der Waals surface area (Å²) in [5.41, 5.74) is 0. The number of halogens is 1. The number of rotatable bonds is 0. The largest absolute Gasteiger partial charge is 0.371 e. The van der Waals surface area contributed by atoms with E-state index in [9.17, 15) is 4.39 Å². The first kappa shape index (κ1) is 5.54. The molecule has 1 heterocycles. The van der Waals surface area contributed by atoms with Gasteiger partial charge in [-0.3, -0.25) is 4.99 Å². The van der Waals surface area contributed by atoms with Crippen molar-refractivity contribution >= 4 is 5.84 Å². The van der Waals surface area contributed by atoms with Crippen LogP contribution < -0.4 is 5.32 Å². The van der Waals surface area contributed by atoms with Gasteiger partial charge in [0, 0.05) is 6.54 Å². The van der Waals surface area contributed by atoms with Crippen LogP contribution in [0.2, 0.25) is 0 Å². The third-order valence-corrected chi connectivity index (χ3v) is 1.11. The summed E-state index contributed by atoms with van der Waals surface area (Å²) in [6, 6.07) is 0. The quantitative estimate of drug-likeness (QED) is 0.485. The van der Waals surface area contributed by atoms with E-state index in [0.29, 0.717) is 13.1 Å².